The second-order valence-electron chi connectivity index (χ2n) is 4.37. The van der Waals surface area contributed by atoms with Crippen LogP contribution in [0.4, 0.5) is 4.39 Å². The molecule has 0 atom stereocenters. The highest BCUT2D eigenvalue weighted by atomic mass is 32.1. The Morgan fingerprint density at radius 1 is 1.32 bits per heavy atom. The lowest BCUT2D eigenvalue weighted by Gasteiger charge is -2.05. The molecule has 2 heterocycles. The SMILES string of the molecule is Fc1ccc2c(c1)[nH]c(=S)n2CCCn1cccn1. The number of hydrogen-bond donors (Lipinski definition) is 1. The molecule has 0 amide bonds. The number of nitrogens with one attached hydrogen (secondary N) is 1. The molecule has 2 aromatic heterocycles. The normalized spacial score (nSPS) is 11.2. The highest BCUT2D eigenvalue weighted by Crippen LogP contribution is 2.16. The predicted molar refractivity (Wildman–Crippen MR) is 73.9 cm³/mol. The molecule has 19 heavy (non-hydrogen) atoms. The van der Waals surface area contributed by atoms with Crippen LogP contribution >= 0.6 is 12.2 Å². The van der Waals surface area contributed by atoms with Gasteiger partial charge in [0.2, 0.25) is 0 Å². The summed E-state index contributed by atoms with van der Waals surface area (Å²) in [5.74, 6) is -0.257. The molecule has 0 fully saturated rings. The second kappa shape index (κ2) is 4.97. The fourth-order valence-corrected chi connectivity index (χ4v) is 2.48. The molecular weight excluding hydrogens is 263 g/mol. The van der Waals surface area contributed by atoms with E-state index < -0.39 is 0 Å². The summed E-state index contributed by atoms with van der Waals surface area (Å²) in [7, 11) is 0. The predicted octanol–water partition coefficient (Wildman–Crippen LogP) is 3.12. The Morgan fingerprint density at radius 2 is 2.21 bits per heavy atom. The lowest BCUT2D eigenvalue weighted by Crippen LogP contribution is -2.04. The number of H-pyrrole nitrogens is 1. The highest BCUT2D eigenvalue weighted by Gasteiger charge is 2.05. The fraction of sp³-hybridized carbons (Fsp3) is 0.231. The van der Waals surface area contributed by atoms with Gasteiger partial charge in [-0.15, -0.1) is 0 Å². The van der Waals surface area contributed by atoms with Gasteiger partial charge in [-0.05, 0) is 42.9 Å². The van der Waals surface area contributed by atoms with Crippen molar-refractivity contribution in [3.05, 3.63) is 47.2 Å². The first-order valence-electron chi connectivity index (χ1n) is 6.09. The topological polar surface area (TPSA) is 38.5 Å². The van der Waals surface area contributed by atoms with Crippen LogP contribution < -0.4 is 0 Å². The van der Waals surface area contributed by atoms with E-state index in [0.717, 1.165) is 30.5 Å². The van der Waals surface area contributed by atoms with E-state index >= 15 is 0 Å². The zero-order valence-electron chi connectivity index (χ0n) is 10.2. The summed E-state index contributed by atoms with van der Waals surface area (Å²) in [4.78, 5) is 3.03. The molecule has 3 rings (SSSR count). The minimum absolute atomic E-state index is 0.257. The number of benzene rings is 1. The van der Waals surface area contributed by atoms with Gasteiger partial charge in [0.15, 0.2) is 4.77 Å². The van der Waals surface area contributed by atoms with Crippen molar-refractivity contribution in [1.82, 2.24) is 19.3 Å². The molecule has 0 unspecified atom stereocenters. The maximum Gasteiger partial charge on any atom is 0.178 e. The summed E-state index contributed by atoms with van der Waals surface area (Å²) in [6.45, 7) is 1.62. The third-order valence-electron chi connectivity index (χ3n) is 3.06. The number of rotatable bonds is 4. The van der Waals surface area contributed by atoms with E-state index in [1.54, 1.807) is 12.3 Å². The van der Waals surface area contributed by atoms with Gasteiger partial charge in [-0.2, -0.15) is 5.10 Å². The number of aromatic amines is 1. The second-order valence-corrected chi connectivity index (χ2v) is 4.75. The highest BCUT2D eigenvalue weighted by molar-refractivity contribution is 7.71. The summed E-state index contributed by atoms with van der Waals surface area (Å²) >= 11 is 5.27. The quantitative estimate of drug-likeness (QED) is 0.744. The molecule has 0 saturated carbocycles. The molecule has 0 aliphatic rings. The van der Waals surface area contributed by atoms with Crippen LogP contribution in [0.1, 0.15) is 6.42 Å². The minimum atomic E-state index is -0.257. The van der Waals surface area contributed by atoms with Crippen molar-refractivity contribution in [3.63, 3.8) is 0 Å². The van der Waals surface area contributed by atoms with Crippen molar-refractivity contribution >= 4 is 23.3 Å². The average molecular weight is 276 g/mol. The van der Waals surface area contributed by atoms with Crippen molar-refractivity contribution in [2.75, 3.05) is 0 Å². The largest absolute Gasteiger partial charge is 0.330 e. The Hall–Kier alpha value is -1.95. The lowest BCUT2D eigenvalue weighted by molar-refractivity contribution is 0.530. The van der Waals surface area contributed by atoms with Gasteiger partial charge >= 0.3 is 0 Å². The molecule has 1 aromatic carbocycles. The number of hydrogen-bond acceptors (Lipinski definition) is 2. The smallest absolute Gasteiger partial charge is 0.178 e. The van der Waals surface area contributed by atoms with Crippen LogP contribution in [0, 0.1) is 10.6 Å². The van der Waals surface area contributed by atoms with Crippen LogP contribution in [-0.2, 0) is 13.1 Å². The molecule has 0 radical (unpaired) electrons. The van der Waals surface area contributed by atoms with Crippen molar-refractivity contribution in [3.8, 4) is 0 Å². The number of halogens is 1. The van der Waals surface area contributed by atoms with E-state index in [1.807, 2.05) is 21.5 Å². The summed E-state index contributed by atoms with van der Waals surface area (Å²) in [5.41, 5.74) is 1.68. The standard InChI is InChI=1S/C13H13FN4S/c14-10-3-4-12-11(9-10)16-13(19)18(12)8-2-7-17-6-1-5-15-17/h1,3-6,9H,2,7-8H2,(H,16,19). The van der Waals surface area contributed by atoms with Gasteiger partial charge in [-0.25, -0.2) is 4.39 Å². The van der Waals surface area contributed by atoms with E-state index in [-0.39, 0.29) is 5.82 Å². The van der Waals surface area contributed by atoms with Gasteiger partial charge in [0, 0.05) is 25.5 Å². The van der Waals surface area contributed by atoms with Crippen LogP contribution in [0.15, 0.2) is 36.7 Å². The number of aryl methyl sites for hydroxylation is 2. The molecule has 4 nitrogen and oxygen atoms in total. The van der Waals surface area contributed by atoms with Crippen molar-refractivity contribution in [1.29, 1.82) is 0 Å². The molecule has 0 saturated heterocycles. The molecule has 6 heteroatoms. The fourth-order valence-electron chi connectivity index (χ4n) is 2.18. The van der Waals surface area contributed by atoms with E-state index in [0.29, 0.717) is 4.77 Å². The Bertz CT molecular complexity index is 742. The number of aromatic nitrogens is 4. The Labute approximate surface area is 114 Å². The zero-order chi connectivity index (χ0) is 13.2. The van der Waals surface area contributed by atoms with Crippen molar-refractivity contribution in [2.45, 2.75) is 19.5 Å². The van der Waals surface area contributed by atoms with Gasteiger partial charge in [0.25, 0.3) is 0 Å². The van der Waals surface area contributed by atoms with Crippen LogP contribution in [0.5, 0.6) is 0 Å². The van der Waals surface area contributed by atoms with Gasteiger partial charge in [-0.3, -0.25) is 4.68 Å². The van der Waals surface area contributed by atoms with Gasteiger partial charge in [0.05, 0.1) is 11.0 Å². The average Bonchev–Trinajstić information content (AvgIpc) is 2.98. The Morgan fingerprint density at radius 3 is 3.00 bits per heavy atom. The van der Waals surface area contributed by atoms with Crippen LogP contribution in [0.25, 0.3) is 11.0 Å². The summed E-state index contributed by atoms with van der Waals surface area (Å²) in [6.07, 6.45) is 4.62. The number of nitrogens with zero attached hydrogens (tertiary/aromatic N) is 3. The first kappa shape index (κ1) is 12.1. The third kappa shape index (κ3) is 2.44. The van der Waals surface area contributed by atoms with Crippen LogP contribution in [0.3, 0.4) is 0 Å². The molecule has 1 N–H and O–H groups in total. The molecule has 3 aromatic rings. The summed E-state index contributed by atoms with van der Waals surface area (Å²) < 4.78 is 17.6. The van der Waals surface area contributed by atoms with Crippen LogP contribution in [0.2, 0.25) is 0 Å². The van der Waals surface area contributed by atoms with E-state index in [2.05, 4.69) is 10.1 Å². The van der Waals surface area contributed by atoms with E-state index in [4.69, 9.17) is 12.2 Å². The molecule has 0 bridgehead atoms. The lowest BCUT2D eigenvalue weighted by atomic mass is 10.3. The zero-order valence-corrected chi connectivity index (χ0v) is 11.0. The first-order valence-corrected chi connectivity index (χ1v) is 6.50. The molecular formula is C13H13FN4S. The maximum absolute atomic E-state index is 13.1. The summed E-state index contributed by atoms with van der Waals surface area (Å²) in [5, 5.41) is 4.16. The minimum Gasteiger partial charge on any atom is -0.330 e. The Balaban J connectivity index is 1.80. The maximum atomic E-state index is 13.1. The van der Waals surface area contributed by atoms with Gasteiger partial charge in [-0.1, -0.05) is 0 Å². The van der Waals surface area contributed by atoms with E-state index in [1.165, 1.54) is 12.1 Å². The van der Waals surface area contributed by atoms with Crippen molar-refractivity contribution < 1.29 is 4.39 Å². The Kier molecular flexibility index (Phi) is 3.16. The summed E-state index contributed by atoms with van der Waals surface area (Å²) in [6, 6.07) is 6.58. The monoisotopic (exact) mass is 276 g/mol. The van der Waals surface area contributed by atoms with Crippen molar-refractivity contribution in [2.24, 2.45) is 0 Å². The van der Waals surface area contributed by atoms with Gasteiger partial charge < -0.3 is 9.55 Å². The third-order valence-corrected chi connectivity index (χ3v) is 3.39. The van der Waals surface area contributed by atoms with E-state index in [9.17, 15) is 4.39 Å². The molecule has 98 valence electrons. The molecule has 0 aliphatic heterocycles. The van der Waals surface area contributed by atoms with Gasteiger partial charge in [0.1, 0.15) is 5.82 Å². The number of fused-ring (bicyclic) bond motifs is 1. The van der Waals surface area contributed by atoms with Crippen LogP contribution in [-0.4, -0.2) is 19.3 Å². The molecule has 0 spiro atoms. The number of imidazole rings is 1. The molecule has 0 aliphatic carbocycles. The first-order chi connectivity index (χ1) is 9.24.